The Bertz CT molecular complexity index is 514. The van der Waals surface area contributed by atoms with Crippen molar-refractivity contribution in [3.63, 3.8) is 0 Å². The zero-order chi connectivity index (χ0) is 9.42. The monoisotopic (exact) mass is 175 g/mol. The number of hydrogen-bond donors (Lipinski definition) is 1. The van der Waals surface area contributed by atoms with Crippen LogP contribution in [0.2, 0.25) is 0 Å². The zero-order valence-corrected chi connectivity index (χ0v) is 7.20. The first-order chi connectivity index (χ1) is 6.18. The Balaban J connectivity index is 2.97. The Morgan fingerprint density at radius 3 is 2.92 bits per heavy atom. The fraction of sp³-hybridized carbons (Fsp3) is 0.100. The van der Waals surface area contributed by atoms with Crippen LogP contribution in [-0.2, 0) is 0 Å². The molecule has 0 aliphatic heterocycles. The van der Waals surface area contributed by atoms with Crippen LogP contribution in [0.3, 0.4) is 0 Å². The van der Waals surface area contributed by atoms with Crippen LogP contribution in [0.15, 0.2) is 33.5 Å². The fourth-order valence-corrected chi connectivity index (χ4v) is 1.30. The maximum Gasteiger partial charge on any atom is 0.359 e. The molecule has 1 aromatic carbocycles. The van der Waals surface area contributed by atoms with Crippen molar-refractivity contribution in [3.8, 4) is 0 Å². The molecule has 0 bridgehead atoms. The lowest BCUT2D eigenvalue weighted by Crippen LogP contribution is -2.05. The van der Waals surface area contributed by atoms with Gasteiger partial charge in [-0.15, -0.1) is 0 Å². The van der Waals surface area contributed by atoms with E-state index in [2.05, 4.69) is 0 Å². The zero-order valence-electron chi connectivity index (χ0n) is 7.20. The second-order valence-corrected chi connectivity index (χ2v) is 2.98. The third-order valence-corrected chi connectivity index (χ3v) is 2.02. The van der Waals surface area contributed by atoms with Gasteiger partial charge in [0.25, 0.3) is 0 Å². The van der Waals surface area contributed by atoms with Gasteiger partial charge >= 0.3 is 5.63 Å². The summed E-state index contributed by atoms with van der Waals surface area (Å²) in [6.07, 6.45) is 0. The van der Waals surface area contributed by atoms with Crippen LogP contribution in [0, 0.1) is 6.92 Å². The van der Waals surface area contributed by atoms with Gasteiger partial charge in [-0.1, -0.05) is 12.1 Å². The molecule has 0 unspecified atom stereocenters. The van der Waals surface area contributed by atoms with Crippen molar-refractivity contribution in [1.29, 1.82) is 0 Å². The second kappa shape index (κ2) is 2.62. The predicted octanol–water partition coefficient (Wildman–Crippen LogP) is 1.68. The molecule has 0 saturated carbocycles. The standard InChI is InChI=1S/C10H9NO2/c1-6-3-2-4-9-7(6)5-8(11)10(12)13-9/h2-5H,11H2,1H3. The van der Waals surface area contributed by atoms with Gasteiger partial charge in [-0.05, 0) is 24.6 Å². The summed E-state index contributed by atoms with van der Waals surface area (Å²) in [7, 11) is 0. The molecule has 0 saturated heterocycles. The Hall–Kier alpha value is -1.77. The third-order valence-electron chi connectivity index (χ3n) is 2.02. The summed E-state index contributed by atoms with van der Waals surface area (Å²) in [5.74, 6) is 0. The quantitative estimate of drug-likeness (QED) is 0.620. The number of aryl methyl sites for hydroxylation is 1. The minimum atomic E-state index is -0.474. The summed E-state index contributed by atoms with van der Waals surface area (Å²) in [4.78, 5) is 11.1. The molecule has 13 heavy (non-hydrogen) atoms. The van der Waals surface area contributed by atoms with Crippen molar-refractivity contribution < 1.29 is 4.42 Å². The molecule has 3 heteroatoms. The van der Waals surface area contributed by atoms with E-state index in [0.717, 1.165) is 10.9 Å². The van der Waals surface area contributed by atoms with Crippen LogP contribution in [0.4, 0.5) is 5.69 Å². The van der Waals surface area contributed by atoms with Crippen molar-refractivity contribution in [1.82, 2.24) is 0 Å². The van der Waals surface area contributed by atoms with E-state index in [0.29, 0.717) is 5.58 Å². The molecular formula is C10H9NO2. The lowest BCUT2D eigenvalue weighted by atomic mass is 10.1. The van der Waals surface area contributed by atoms with E-state index in [1.54, 1.807) is 12.1 Å². The van der Waals surface area contributed by atoms with Gasteiger partial charge in [-0.3, -0.25) is 0 Å². The normalized spacial score (nSPS) is 10.5. The van der Waals surface area contributed by atoms with Crippen LogP contribution in [0.5, 0.6) is 0 Å². The van der Waals surface area contributed by atoms with Crippen molar-refractivity contribution in [2.75, 3.05) is 5.73 Å². The van der Waals surface area contributed by atoms with Crippen LogP contribution < -0.4 is 11.4 Å². The van der Waals surface area contributed by atoms with Crippen molar-refractivity contribution in [2.45, 2.75) is 6.92 Å². The topological polar surface area (TPSA) is 56.2 Å². The summed E-state index contributed by atoms with van der Waals surface area (Å²) in [5.41, 5.74) is 6.76. The van der Waals surface area contributed by atoms with Crippen molar-refractivity contribution >= 4 is 16.7 Å². The molecule has 0 aliphatic rings. The molecule has 1 aromatic heterocycles. The van der Waals surface area contributed by atoms with Crippen LogP contribution >= 0.6 is 0 Å². The summed E-state index contributed by atoms with van der Waals surface area (Å²) in [5, 5.41) is 0.889. The maximum atomic E-state index is 11.1. The highest BCUT2D eigenvalue weighted by Crippen LogP contribution is 2.17. The molecule has 0 fully saturated rings. The van der Waals surface area contributed by atoms with E-state index in [-0.39, 0.29) is 5.69 Å². The lowest BCUT2D eigenvalue weighted by Gasteiger charge is -2.00. The number of anilines is 1. The fourth-order valence-electron chi connectivity index (χ4n) is 1.30. The molecule has 0 atom stereocenters. The van der Waals surface area contributed by atoms with Gasteiger partial charge in [0.2, 0.25) is 0 Å². The maximum absolute atomic E-state index is 11.1. The summed E-state index contributed by atoms with van der Waals surface area (Å²) in [6.45, 7) is 1.95. The summed E-state index contributed by atoms with van der Waals surface area (Å²) in [6, 6.07) is 7.19. The smallest absolute Gasteiger partial charge is 0.359 e. The molecule has 0 radical (unpaired) electrons. The number of rotatable bonds is 0. The van der Waals surface area contributed by atoms with Crippen LogP contribution in [0.1, 0.15) is 5.56 Å². The molecule has 0 spiro atoms. The van der Waals surface area contributed by atoms with Crippen molar-refractivity contribution in [2.24, 2.45) is 0 Å². The Kier molecular flexibility index (Phi) is 1.59. The molecule has 66 valence electrons. The third kappa shape index (κ3) is 1.18. The first kappa shape index (κ1) is 7.86. The van der Waals surface area contributed by atoms with E-state index >= 15 is 0 Å². The number of hydrogen-bond acceptors (Lipinski definition) is 3. The number of nitrogen functional groups attached to an aromatic ring is 1. The molecule has 0 aliphatic carbocycles. The first-order valence-electron chi connectivity index (χ1n) is 3.97. The SMILES string of the molecule is Cc1cccc2oc(=O)c(N)cc12. The minimum absolute atomic E-state index is 0.154. The van der Waals surface area contributed by atoms with Gasteiger partial charge in [0.15, 0.2) is 0 Å². The van der Waals surface area contributed by atoms with E-state index < -0.39 is 5.63 Å². The van der Waals surface area contributed by atoms with Gasteiger partial charge in [0, 0.05) is 5.39 Å². The van der Waals surface area contributed by atoms with Gasteiger partial charge in [-0.2, -0.15) is 0 Å². The summed E-state index contributed by atoms with van der Waals surface area (Å²) < 4.78 is 4.99. The second-order valence-electron chi connectivity index (χ2n) is 2.98. The molecule has 3 nitrogen and oxygen atoms in total. The molecular weight excluding hydrogens is 166 g/mol. The average molecular weight is 175 g/mol. The highest BCUT2D eigenvalue weighted by molar-refractivity contribution is 5.82. The molecule has 1 heterocycles. The average Bonchev–Trinajstić information content (AvgIpc) is 2.09. The van der Waals surface area contributed by atoms with Gasteiger partial charge < -0.3 is 10.2 Å². The van der Waals surface area contributed by atoms with Gasteiger partial charge in [-0.25, -0.2) is 4.79 Å². The molecule has 2 rings (SSSR count). The number of nitrogens with two attached hydrogens (primary N) is 1. The largest absolute Gasteiger partial charge is 0.421 e. The van der Waals surface area contributed by atoms with Gasteiger partial charge in [0.05, 0.1) is 0 Å². The number of benzene rings is 1. The van der Waals surface area contributed by atoms with E-state index in [1.807, 2.05) is 19.1 Å². The molecule has 2 aromatic rings. The predicted molar refractivity (Wildman–Crippen MR) is 51.6 cm³/mol. The van der Waals surface area contributed by atoms with Crippen molar-refractivity contribution in [3.05, 3.63) is 40.2 Å². The Morgan fingerprint density at radius 2 is 2.15 bits per heavy atom. The Labute approximate surface area is 74.8 Å². The van der Waals surface area contributed by atoms with Gasteiger partial charge in [0.1, 0.15) is 11.3 Å². The first-order valence-corrected chi connectivity index (χ1v) is 3.97. The Morgan fingerprint density at radius 1 is 1.38 bits per heavy atom. The molecule has 2 N–H and O–H groups in total. The van der Waals surface area contributed by atoms with E-state index in [1.165, 1.54) is 0 Å². The highest BCUT2D eigenvalue weighted by Gasteiger charge is 2.02. The van der Waals surface area contributed by atoms with E-state index in [9.17, 15) is 4.79 Å². The lowest BCUT2D eigenvalue weighted by molar-refractivity contribution is 0.564. The van der Waals surface area contributed by atoms with Crippen LogP contribution in [0.25, 0.3) is 11.0 Å². The minimum Gasteiger partial charge on any atom is -0.421 e. The van der Waals surface area contributed by atoms with Crippen LogP contribution in [-0.4, -0.2) is 0 Å². The van der Waals surface area contributed by atoms with E-state index in [4.69, 9.17) is 10.2 Å². The highest BCUT2D eigenvalue weighted by atomic mass is 16.4. The summed E-state index contributed by atoms with van der Waals surface area (Å²) >= 11 is 0. The number of fused-ring (bicyclic) bond motifs is 1. The molecule has 0 amide bonds.